The molecule has 0 saturated carbocycles. The summed E-state index contributed by atoms with van der Waals surface area (Å²) < 4.78 is 21.4. The van der Waals surface area contributed by atoms with Crippen molar-refractivity contribution in [2.24, 2.45) is 11.7 Å². The summed E-state index contributed by atoms with van der Waals surface area (Å²) >= 11 is 0. The maximum Gasteiger partial charge on any atom is 0.341 e. The highest BCUT2D eigenvalue weighted by atomic mass is 35.5. The Kier molecular flexibility index (Phi) is 6.75. The van der Waals surface area contributed by atoms with Crippen molar-refractivity contribution in [1.82, 2.24) is 15.0 Å². The highest BCUT2D eigenvalue weighted by Crippen LogP contribution is 2.30. The number of nitrogens with zero attached hydrogens (tertiary/aromatic N) is 3. The molecule has 176 valence electrons. The summed E-state index contributed by atoms with van der Waals surface area (Å²) in [6, 6.07) is 3.13. The van der Waals surface area contributed by atoms with Crippen LogP contribution in [0.1, 0.15) is 24.2 Å². The number of carbonyl (C=O) groups is 2. The number of amides is 1. The van der Waals surface area contributed by atoms with Crippen LogP contribution in [0.3, 0.4) is 0 Å². The largest absolute Gasteiger partial charge is 0.477 e. The lowest BCUT2D eigenvalue weighted by Gasteiger charge is -2.21. The first-order valence-corrected chi connectivity index (χ1v) is 10.0. The number of nitrogens with two attached hydrogens (primary N) is 1. The van der Waals surface area contributed by atoms with Gasteiger partial charge in [0, 0.05) is 25.4 Å². The molecular formula is C21H23ClFN5O5. The maximum atomic E-state index is 15.1. The lowest BCUT2D eigenvalue weighted by atomic mass is 10.1. The van der Waals surface area contributed by atoms with Crippen LogP contribution in [0, 0.1) is 11.7 Å². The Morgan fingerprint density at radius 3 is 2.70 bits per heavy atom. The zero-order valence-corrected chi connectivity index (χ0v) is 18.6. The van der Waals surface area contributed by atoms with Crippen LogP contribution in [-0.4, -0.2) is 51.9 Å². The topological polar surface area (TPSA) is 144 Å². The van der Waals surface area contributed by atoms with Crippen molar-refractivity contribution in [3.63, 3.8) is 0 Å². The Labute approximate surface area is 193 Å². The molecule has 4 N–H and O–H groups in total. The summed E-state index contributed by atoms with van der Waals surface area (Å²) in [5.41, 5.74) is 4.82. The van der Waals surface area contributed by atoms with Gasteiger partial charge in [-0.1, -0.05) is 12.1 Å². The third-order valence-corrected chi connectivity index (χ3v) is 5.67. The van der Waals surface area contributed by atoms with E-state index in [9.17, 15) is 19.5 Å². The van der Waals surface area contributed by atoms with Crippen LogP contribution in [0.4, 0.5) is 10.1 Å². The van der Waals surface area contributed by atoms with Crippen molar-refractivity contribution in [3.8, 4) is 5.82 Å². The van der Waals surface area contributed by atoms with Gasteiger partial charge in [-0.3, -0.25) is 14.2 Å². The smallest absolute Gasteiger partial charge is 0.341 e. The molecule has 3 aromatic rings. The van der Waals surface area contributed by atoms with Gasteiger partial charge >= 0.3 is 5.97 Å². The number of carboxylic acid groups (broad SMARTS) is 1. The van der Waals surface area contributed by atoms with Crippen molar-refractivity contribution in [1.29, 1.82) is 0 Å². The third kappa shape index (κ3) is 4.41. The molecule has 0 radical (unpaired) electrons. The number of benzene rings is 1. The van der Waals surface area contributed by atoms with Crippen molar-refractivity contribution < 1.29 is 23.6 Å². The molecule has 0 spiro atoms. The summed E-state index contributed by atoms with van der Waals surface area (Å²) in [6.45, 7) is 4.34. The second-order valence-corrected chi connectivity index (χ2v) is 8.01. The number of halogens is 2. The minimum atomic E-state index is -1.43. The van der Waals surface area contributed by atoms with Crippen LogP contribution < -0.4 is 21.4 Å². The summed E-state index contributed by atoms with van der Waals surface area (Å²) in [5, 5.41) is 16.0. The van der Waals surface area contributed by atoms with Crippen LogP contribution in [0.25, 0.3) is 16.7 Å². The second-order valence-electron chi connectivity index (χ2n) is 8.01. The van der Waals surface area contributed by atoms with E-state index in [2.05, 4.69) is 10.5 Å². The Bertz CT molecular complexity index is 1260. The fourth-order valence-electron chi connectivity index (χ4n) is 3.91. The van der Waals surface area contributed by atoms with Crippen LogP contribution in [0.15, 0.2) is 40.0 Å². The van der Waals surface area contributed by atoms with Gasteiger partial charge in [0.1, 0.15) is 17.6 Å². The lowest BCUT2D eigenvalue weighted by molar-refractivity contribution is -0.122. The first kappa shape index (κ1) is 24.2. The van der Waals surface area contributed by atoms with Gasteiger partial charge in [0.15, 0.2) is 5.82 Å². The standard InChI is InChI=1S/C21H22FN5O5.ClH/c1-10-7-26(9-15(10)24-20(29)11(2)23)17-6-16-12(5-14(17)22)19(28)13(21(30)31)8-27(16)18-3-4-32-25-18;/h3-6,8,10-11,15H,7,9,23H2,1-2H3,(H,24,29)(H,30,31);1H/t10-,11-,15+;/m0./s1. The molecule has 33 heavy (non-hydrogen) atoms. The number of nitrogens with one attached hydrogen (secondary N) is 1. The normalized spacial score (nSPS) is 18.7. The number of carboxylic acids is 1. The number of fused-ring (bicyclic) bond motifs is 1. The van der Waals surface area contributed by atoms with Gasteiger partial charge in [-0.25, -0.2) is 9.18 Å². The van der Waals surface area contributed by atoms with Crippen molar-refractivity contribution in [3.05, 3.63) is 52.3 Å². The summed E-state index contributed by atoms with van der Waals surface area (Å²) in [4.78, 5) is 38.0. The Morgan fingerprint density at radius 2 is 2.09 bits per heavy atom. The molecule has 1 fully saturated rings. The van der Waals surface area contributed by atoms with E-state index in [4.69, 9.17) is 10.3 Å². The molecular weight excluding hydrogens is 457 g/mol. The molecule has 4 rings (SSSR count). The van der Waals surface area contributed by atoms with E-state index in [0.717, 1.165) is 12.3 Å². The summed E-state index contributed by atoms with van der Waals surface area (Å²) in [6.07, 6.45) is 2.45. The minimum absolute atomic E-state index is 0. The lowest BCUT2D eigenvalue weighted by Crippen LogP contribution is -2.46. The number of hydrogen-bond acceptors (Lipinski definition) is 7. The number of hydrogen-bond donors (Lipinski definition) is 3. The molecule has 0 aliphatic carbocycles. The molecule has 0 unspecified atom stereocenters. The zero-order chi connectivity index (χ0) is 23.2. The van der Waals surface area contributed by atoms with E-state index < -0.39 is 28.8 Å². The third-order valence-electron chi connectivity index (χ3n) is 5.67. The highest BCUT2D eigenvalue weighted by molar-refractivity contribution is 5.94. The van der Waals surface area contributed by atoms with Crippen molar-refractivity contribution in [2.75, 3.05) is 18.0 Å². The summed E-state index contributed by atoms with van der Waals surface area (Å²) in [7, 11) is 0. The van der Waals surface area contributed by atoms with E-state index in [1.54, 1.807) is 11.8 Å². The number of aromatic nitrogens is 2. The number of anilines is 1. The number of carbonyl (C=O) groups excluding carboxylic acids is 1. The molecule has 1 aliphatic rings. The predicted molar refractivity (Wildman–Crippen MR) is 121 cm³/mol. The zero-order valence-electron chi connectivity index (χ0n) is 17.8. The Hall–Kier alpha value is -3.44. The highest BCUT2D eigenvalue weighted by Gasteiger charge is 2.33. The van der Waals surface area contributed by atoms with Gasteiger partial charge in [-0.15, -0.1) is 12.4 Å². The molecule has 1 aliphatic heterocycles. The first-order valence-electron chi connectivity index (χ1n) is 10.0. The van der Waals surface area contributed by atoms with Crippen molar-refractivity contribution >= 4 is 40.9 Å². The first-order chi connectivity index (χ1) is 15.2. The van der Waals surface area contributed by atoms with Crippen molar-refractivity contribution in [2.45, 2.75) is 25.9 Å². The molecule has 1 amide bonds. The van der Waals surface area contributed by atoms with E-state index in [1.165, 1.54) is 23.0 Å². The number of aromatic carboxylic acids is 1. The van der Waals surface area contributed by atoms with Gasteiger partial charge in [-0.2, -0.15) is 0 Å². The monoisotopic (exact) mass is 479 g/mol. The van der Waals surface area contributed by atoms with E-state index in [0.29, 0.717) is 13.1 Å². The molecule has 3 heterocycles. The van der Waals surface area contributed by atoms with Crippen LogP contribution >= 0.6 is 12.4 Å². The average molecular weight is 480 g/mol. The summed E-state index contributed by atoms with van der Waals surface area (Å²) in [5.74, 6) is -2.12. The van der Waals surface area contributed by atoms with E-state index in [1.807, 2.05) is 6.92 Å². The predicted octanol–water partition coefficient (Wildman–Crippen LogP) is 1.53. The van der Waals surface area contributed by atoms with Crippen LogP contribution in [0.5, 0.6) is 0 Å². The molecule has 10 nitrogen and oxygen atoms in total. The van der Waals surface area contributed by atoms with Gasteiger partial charge < -0.3 is 25.6 Å². The fraction of sp³-hybridized carbons (Fsp3) is 0.333. The Balaban J connectivity index is 0.00000306. The number of pyridine rings is 1. The van der Waals surface area contributed by atoms with Gasteiger partial charge in [0.05, 0.1) is 28.7 Å². The van der Waals surface area contributed by atoms with Crippen LogP contribution in [0.2, 0.25) is 0 Å². The second kappa shape index (κ2) is 9.20. The molecule has 12 heteroatoms. The van der Waals surface area contributed by atoms with E-state index in [-0.39, 0.29) is 52.7 Å². The van der Waals surface area contributed by atoms with E-state index >= 15 is 4.39 Å². The van der Waals surface area contributed by atoms with Crippen LogP contribution in [-0.2, 0) is 4.79 Å². The molecule has 3 atom stereocenters. The van der Waals surface area contributed by atoms with Gasteiger partial charge in [0.2, 0.25) is 11.3 Å². The Morgan fingerprint density at radius 1 is 1.36 bits per heavy atom. The maximum absolute atomic E-state index is 15.1. The fourth-order valence-corrected chi connectivity index (χ4v) is 3.91. The van der Waals surface area contributed by atoms with Gasteiger partial charge in [0.25, 0.3) is 0 Å². The quantitative estimate of drug-likeness (QED) is 0.499. The number of rotatable bonds is 5. The minimum Gasteiger partial charge on any atom is -0.477 e. The average Bonchev–Trinajstić information content (AvgIpc) is 3.38. The van der Waals surface area contributed by atoms with Gasteiger partial charge in [-0.05, 0) is 25.0 Å². The molecule has 2 aromatic heterocycles. The molecule has 0 bridgehead atoms. The molecule has 1 saturated heterocycles. The SMILES string of the molecule is C[C@H](N)C(=O)N[C@@H]1CN(c2cc3c(cc2F)c(=O)c(C(=O)O)cn3-c2ccon2)C[C@@H]1C.Cl. The molecule has 1 aromatic carbocycles.